The van der Waals surface area contributed by atoms with Crippen LogP contribution in [0.4, 0.5) is 0 Å². The Morgan fingerprint density at radius 2 is 1.52 bits per heavy atom. The van der Waals surface area contributed by atoms with Crippen LogP contribution in [0, 0.1) is 0 Å². The SMILES string of the molecule is CCC(=O)c1ccc(OCC(=O)N(C)Cc2ccc(CC)cc2)cc1. The predicted molar refractivity (Wildman–Crippen MR) is 98.9 cm³/mol. The lowest BCUT2D eigenvalue weighted by molar-refractivity contribution is -0.132. The topological polar surface area (TPSA) is 46.6 Å². The lowest BCUT2D eigenvalue weighted by Gasteiger charge is -2.18. The maximum atomic E-state index is 12.2. The quantitative estimate of drug-likeness (QED) is 0.686. The summed E-state index contributed by atoms with van der Waals surface area (Å²) in [6, 6.07) is 15.2. The molecule has 25 heavy (non-hydrogen) atoms. The van der Waals surface area contributed by atoms with Gasteiger partial charge in [-0.05, 0) is 41.8 Å². The Hall–Kier alpha value is -2.62. The zero-order valence-corrected chi connectivity index (χ0v) is 15.1. The highest BCUT2D eigenvalue weighted by Crippen LogP contribution is 2.14. The van der Waals surface area contributed by atoms with Crippen molar-refractivity contribution >= 4 is 11.7 Å². The molecule has 2 aromatic rings. The van der Waals surface area contributed by atoms with Gasteiger partial charge in [-0.15, -0.1) is 0 Å². The van der Waals surface area contributed by atoms with Crippen molar-refractivity contribution in [2.24, 2.45) is 0 Å². The number of hydrogen-bond acceptors (Lipinski definition) is 3. The number of ether oxygens (including phenoxy) is 1. The van der Waals surface area contributed by atoms with Crippen LogP contribution < -0.4 is 4.74 Å². The molecular formula is C21H25NO3. The number of rotatable bonds is 8. The zero-order chi connectivity index (χ0) is 18.2. The molecule has 0 aromatic heterocycles. The third-order valence-electron chi connectivity index (χ3n) is 4.14. The number of ketones is 1. The average molecular weight is 339 g/mol. The van der Waals surface area contributed by atoms with Crippen molar-refractivity contribution in [3.05, 3.63) is 65.2 Å². The van der Waals surface area contributed by atoms with Gasteiger partial charge in [0.15, 0.2) is 12.4 Å². The first kappa shape index (κ1) is 18.7. The molecule has 0 N–H and O–H groups in total. The zero-order valence-electron chi connectivity index (χ0n) is 15.1. The average Bonchev–Trinajstić information content (AvgIpc) is 2.66. The van der Waals surface area contributed by atoms with Crippen LogP contribution in [-0.2, 0) is 17.8 Å². The molecule has 0 heterocycles. The number of carbonyl (C=O) groups excluding carboxylic acids is 2. The molecule has 0 fully saturated rings. The summed E-state index contributed by atoms with van der Waals surface area (Å²) >= 11 is 0. The molecule has 0 aliphatic carbocycles. The van der Waals surface area contributed by atoms with Gasteiger partial charge >= 0.3 is 0 Å². The molecule has 4 nitrogen and oxygen atoms in total. The highest BCUT2D eigenvalue weighted by atomic mass is 16.5. The van der Waals surface area contributed by atoms with E-state index in [9.17, 15) is 9.59 Å². The molecule has 0 unspecified atom stereocenters. The highest BCUT2D eigenvalue weighted by molar-refractivity contribution is 5.95. The molecule has 0 atom stereocenters. The molecular weight excluding hydrogens is 314 g/mol. The van der Waals surface area contributed by atoms with E-state index in [4.69, 9.17) is 4.74 Å². The lowest BCUT2D eigenvalue weighted by Crippen LogP contribution is -2.30. The van der Waals surface area contributed by atoms with Crippen molar-refractivity contribution < 1.29 is 14.3 Å². The monoisotopic (exact) mass is 339 g/mol. The highest BCUT2D eigenvalue weighted by Gasteiger charge is 2.11. The first-order valence-corrected chi connectivity index (χ1v) is 8.61. The number of carbonyl (C=O) groups is 2. The van der Waals surface area contributed by atoms with E-state index < -0.39 is 0 Å². The molecule has 1 amide bonds. The molecule has 0 radical (unpaired) electrons. The molecule has 0 saturated heterocycles. The van der Waals surface area contributed by atoms with E-state index in [-0.39, 0.29) is 18.3 Å². The Morgan fingerprint density at radius 1 is 0.920 bits per heavy atom. The van der Waals surface area contributed by atoms with Gasteiger partial charge in [-0.1, -0.05) is 38.1 Å². The van der Waals surface area contributed by atoms with Gasteiger partial charge in [-0.2, -0.15) is 0 Å². The van der Waals surface area contributed by atoms with E-state index in [1.807, 2.05) is 19.1 Å². The molecule has 0 saturated carbocycles. The van der Waals surface area contributed by atoms with Crippen LogP contribution in [0.5, 0.6) is 5.75 Å². The summed E-state index contributed by atoms with van der Waals surface area (Å²) < 4.78 is 5.53. The Bertz CT molecular complexity index is 705. The minimum Gasteiger partial charge on any atom is -0.484 e. The summed E-state index contributed by atoms with van der Waals surface area (Å²) in [6.45, 7) is 4.48. The molecule has 4 heteroatoms. The molecule has 2 aromatic carbocycles. The summed E-state index contributed by atoms with van der Waals surface area (Å²) in [4.78, 5) is 25.5. The molecule has 2 rings (SSSR count). The number of nitrogens with zero attached hydrogens (tertiary/aromatic N) is 1. The Labute approximate surface area is 149 Å². The van der Waals surface area contributed by atoms with Crippen LogP contribution in [0.3, 0.4) is 0 Å². The van der Waals surface area contributed by atoms with E-state index in [1.54, 1.807) is 36.2 Å². The Balaban J connectivity index is 1.85. The minimum absolute atomic E-state index is 0.0232. The fourth-order valence-electron chi connectivity index (χ4n) is 2.44. The predicted octanol–water partition coefficient (Wildman–Crippen LogP) is 3.88. The third-order valence-corrected chi connectivity index (χ3v) is 4.14. The first-order valence-electron chi connectivity index (χ1n) is 8.61. The van der Waals surface area contributed by atoms with Crippen molar-refractivity contribution in [2.75, 3.05) is 13.7 Å². The van der Waals surface area contributed by atoms with Crippen molar-refractivity contribution in [3.8, 4) is 5.75 Å². The van der Waals surface area contributed by atoms with Crippen LogP contribution >= 0.6 is 0 Å². The molecule has 0 bridgehead atoms. The molecule has 0 spiro atoms. The summed E-state index contributed by atoms with van der Waals surface area (Å²) in [6.07, 6.45) is 1.48. The minimum atomic E-state index is -0.0896. The summed E-state index contributed by atoms with van der Waals surface area (Å²) in [5.74, 6) is 0.589. The van der Waals surface area contributed by atoms with Gasteiger partial charge in [0.2, 0.25) is 0 Å². The van der Waals surface area contributed by atoms with Crippen LogP contribution in [0.2, 0.25) is 0 Å². The van der Waals surface area contributed by atoms with Gasteiger partial charge < -0.3 is 9.64 Å². The second-order valence-corrected chi connectivity index (χ2v) is 6.01. The first-order chi connectivity index (χ1) is 12.0. The van der Waals surface area contributed by atoms with Crippen molar-refractivity contribution in [1.82, 2.24) is 4.90 Å². The van der Waals surface area contributed by atoms with Gasteiger partial charge in [0.1, 0.15) is 5.75 Å². The number of hydrogen-bond donors (Lipinski definition) is 0. The fraction of sp³-hybridized carbons (Fsp3) is 0.333. The maximum Gasteiger partial charge on any atom is 0.260 e. The van der Waals surface area contributed by atoms with Gasteiger partial charge in [0.05, 0.1) is 0 Å². The van der Waals surface area contributed by atoms with Crippen LogP contribution in [0.25, 0.3) is 0 Å². The largest absolute Gasteiger partial charge is 0.484 e. The van der Waals surface area contributed by atoms with Gasteiger partial charge in [-0.3, -0.25) is 9.59 Å². The third kappa shape index (κ3) is 5.45. The van der Waals surface area contributed by atoms with Gasteiger partial charge in [0, 0.05) is 25.6 Å². The van der Waals surface area contributed by atoms with Crippen molar-refractivity contribution in [2.45, 2.75) is 33.2 Å². The van der Waals surface area contributed by atoms with E-state index in [1.165, 1.54) is 5.56 Å². The van der Waals surface area contributed by atoms with E-state index in [0.29, 0.717) is 24.3 Å². The second-order valence-electron chi connectivity index (χ2n) is 6.01. The van der Waals surface area contributed by atoms with Gasteiger partial charge in [-0.25, -0.2) is 0 Å². The number of amides is 1. The Kier molecular flexibility index (Phi) is 6.75. The van der Waals surface area contributed by atoms with Crippen molar-refractivity contribution in [3.63, 3.8) is 0 Å². The fourth-order valence-corrected chi connectivity index (χ4v) is 2.44. The smallest absolute Gasteiger partial charge is 0.260 e. The number of likely N-dealkylation sites (N-methyl/N-ethyl adjacent to an activating group) is 1. The number of benzene rings is 2. The van der Waals surface area contributed by atoms with E-state index in [2.05, 4.69) is 19.1 Å². The molecule has 0 aliphatic rings. The van der Waals surface area contributed by atoms with E-state index in [0.717, 1.165) is 12.0 Å². The molecule has 0 aliphatic heterocycles. The van der Waals surface area contributed by atoms with Crippen LogP contribution in [-0.4, -0.2) is 30.2 Å². The number of aryl methyl sites for hydroxylation is 1. The summed E-state index contributed by atoms with van der Waals surface area (Å²) in [5, 5.41) is 0. The Morgan fingerprint density at radius 3 is 2.08 bits per heavy atom. The van der Waals surface area contributed by atoms with E-state index >= 15 is 0 Å². The summed E-state index contributed by atoms with van der Waals surface area (Å²) in [7, 11) is 1.77. The standard InChI is InChI=1S/C21H25NO3/c1-4-16-6-8-17(9-7-16)14-22(3)21(24)15-25-19-12-10-18(11-13-19)20(23)5-2/h6-13H,4-5,14-15H2,1-3H3. The van der Waals surface area contributed by atoms with Gasteiger partial charge in [0.25, 0.3) is 5.91 Å². The van der Waals surface area contributed by atoms with Crippen molar-refractivity contribution in [1.29, 1.82) is 0 Å². The normalized spacial score (nSPS) is 10.4. The number of Topliss-reactive ketones (excluding diaryl/α,β-unsaturated/α-hetero) is 1. The summed E-state index contributed by atoms with van der Waals surface area (Å²) in [5.41, 5.74) is 3.04. The second kappa shape index (κ2) is 9.02. The van der Waals surface area contributed by atoms with Crippen LogP contribution in [0.1, 0.15) is 41.8 Å². The lowest BCUT2D eigenvalue weighted by atomic mass is 10.1. The van der Waals surface area contributed by atoms with Crippen LogP contribution in [0.15, 0.2) is 48.5 Å². The molecule has 132 valence electrons. The maximum absolute atomic E-state index is 12.2.